The summed E-state index contributed by atoms with van der Waals surface area (Å²) in [5, 5.41) is 0. The normalized spacial score (nSPS) is 19.9. The van der Waals surface area contributed by atoms with Crippen LogP contribution in [0.2, 0.25) is 0 Å². The molecule has 2 N–H and O–H groups in total. The molecule has 132 valence electrons. The van der Waals surface area contributed by atoms with Gasteiger partial charge in [-0.05, 0) is 43.0 Å². The van der Waals surface area contributed by atoms with Crippen molar-refractivity contribution in [1.82, 2.24) is 4.90 Å². The van der Waals surface area contributed by atoms with Crippen LogP contribution in [0, 0.1) is 19.8 Å². The first-order chi connectivity index (χ1) is 12.1. The number of para-hydroxylation sites is 1. The van der Waals surface area contributed by atoms with Crippen molar-refractivity contribution in [3.8, 4) is 5.75 Å². The number of hydrogen-bond donors (Lipinski definition) is 1. The van der Waals surface area contributed by atoms with Crippen LogP contribution in [-0.2, 0) is 4.79 Å². The zero-order valence-electron chi connectivity index (χ0n) is 14.9. The molecule has 2 atom stereocenters. The van der Waals surface area contributed by atoms with Crippen molar-refractivity contribution in [2.75, 3.05) is 26.2 Å². The molecule has 25 heavy (non-hydrogen) atoms. The number of rotatable bonds is 5. The minimum absolute atomic E-state index is 0.0273. The smallest absolute Gasteiger partial charge is 0.260 e. The number of nitrogens with zero attached hydrogens (tertiary/aromatic N) is 1. The highest BCUT2D eigenvalue weighted by molar-refractivity contribution is 5.78. The van der Waals surface area contributed by atoms with E-state index in [4.69, 9.17) is 10.5 Å². The van der Waals surface area contributed by atoms with Gasteiger partial charge >= 0.3 is 0 Å². The quantitative estimate of drug-likeness (QED) is 0.912. The van der Waals surface area contributed by atoms with Crippen molar-refractivity contribution < 1.29 is 9.53 Å². The maximum atomic E-state index is 12.6. The van der Waals surface area contributed by atoms with Crippen LogP contribution in [0.4, 0.5) is 0 Å². The summed E-state index contributed by atoms with van der Waals surface area (Å²) < 4.78 is 5.83. The molecular weight excluding hydrogens is 312 g/mol. The third-order valence-corrected chi connectivity index (χ3v) is 5.07. The number of likely N-dealkylation sites (tertiary alicyclic amines) is 1. The summed E-state index contributed by atoms with van der Waals surface area (Å²) in [6.07, 6.45) is 0. The Morgan fingerprint density at radius 3 is 2.40 bits per heavy atom. The van der Waals surface area contributed by atoms with Crippen molar-refractivity contribution in [2.24, 2.45) is 11.7 Å². The molecule has 3 rings (SSSR count). The lowest BCUT2D eigenvalue weighted by Crippen LogP contribution is -2.34. The first-order valence-corrected chi connectivity index (χ1v) is 8.82. The van der Waals surface area contributed by atoms with E-state index in [1.807, 2.05) is 55.1 Å². The average molecular weight is 338 g/mol. The first-order valence-electron chi connectivity index (χ1n) is 8.82. The van der Waals surface area contributed by atoms with Gasteiger partial charge < -0.3 is 15.4 Å². The van der Waals surface area contributed by atoms with Crippen LogP contribution in [0.5, 0.6) is 5.75 Å². The zero-order valence-corrected chi connectivity index (χ0v) is 14.9. The number of ether oxygens (including phenoxy) is 1. The summed E-state index contributed by atoms with van der Waals surface area (Å²) in [7, 11) is 0. The van der Waals surface area contributed by atoms with E-state index < -0.39 is 0 Å². The maximum Gasteiger partial charge on any atom is 0.260 e. The lowest BCUT2D eigenvalue weighted by molar-refractivity contribution is -0.132. The van der Waals surface area contributed by atoms with E-state index in [0.717, 1.165) is 16.9 Å². The van der Waals surface area contributed by atoms with E-state index in [1.54, 1.807) is 0 Å². The Bertz CT molecular complexity index is 710. The molecule has 0 radical (unpaired) electrons. The third-order valence-electron chi connectivity index (χ3n) is 5.07. The fourth-order valence-corrected chi connectivity index (χ4v) is 3.64. The van der Waals surface area contributed by atoms with Gasteiger partial charge in [0.05, 0.1) is 0 Å². The molecular formula is C21H26N2O2. The molecule has 4 nitrogen and oxygen atoms in total. The van der Waals surface area contributed by atoms with E-state index in [1.165, 1.54) is 5.56 Å². The highest BCUT2D eigenvalue weighted by Crippen LogP contribution is 2.32. The summed E-state index contributed by atoms with van der Waals surface area (Å²) in [5.74, 6) is 1.44. The van der Waals surface area contributed by atoms with Crippen LogP contribution in [0.1, 0.15) is 22.6 Å². The monoisotopic (exact) mass is 338 g/mol. The van der Waals surface area contributed by atoms with Crippen LogP contribution in [0.3, 0.4) is 0 Å². The van der Waals surface area contributed by atoms with Crippen molar-refractivity contribution in [1.29, 1.82) is 0 Å². The van der Waals surface area contributed by atoms with Gasteiger partial charge in [-0.15, -0.1) is 0 Å². The highest BCUT2D eigenvalue weighted by atomic mass is 16.5. The summed E-state index contributed by atoms with van der Waals surface area (Å²) in [6, 6.07) is 16.3. The first kappa shape index (κ1) is 17.5. The van der Waals surface area contributed by atoms with Gasteiger partial charge in [0.15, 0.2) is 6.61 Å². The van der Waals surface area contributed by atoms with Gasteiger partial charge in [0.2, 0.25) is 0 Å². The van der Waals surface area contributed by atoms with Crippen LogP contribution in [0.15, 0.2) is 48.5 Å². The molecule has 0 unspecified atom stereocenters. The average Bonchev–Trinajstić information content (AvgIpc) is 3.06. The summed E-state index contributed by atoms with van der Waals surface area (Å²) >= 11 is 0. The Morgan fingerprint density at radius 2 is 1.76 bits per heavy atom. The Labute approximate surface area is 149 Å². The molecule has 2 aromatic carbocycles. The van der Waals surface area contributed by atoms with Crippen LogP contribution < -0.4 is 10.5 Å². The van der Waals surface area contributed by atoms with Gasteiger partial charge in [-0.3, -0.25) is 4.79 Å². The van der Waals surface area contributed by atoms with E-state index in [2.05, 4.69) is 12.1 Å². The van der Waals surface area contributed by atoms with E-state index >= 15 is 0 Å². The van der Waals surface area contributed by atoms with Gasteiger partial charge in [-0.25, -0.2) is 0 Å². The molecule has 1 amide bonds. The minimum atomic E-state index is 0.0273. The lowest BCUT2D eigenvalue weighted by Gasteiger charge is -2.18. The predicted octanol–water partition coefficient (Wildman–Crippen LogP) is 2.88. The second-order valence-corrected chi connectivity index (χ2v) is 6.82. The molecule has 1 heterocycles. The molecule has 0 bridgehead atoms. The zero-order chi connectivity index (χ0) is 17.8. The predicted molar refractivity (Wildman–Crippen MR) is 99.7 cm³/mol. The molecule has 0 aromatic heterocycles. The van der Waals surface area contributed by atoms with Gasteiger partial charge in [0.25, 0.3) is 5.91 Å². The second kappa shape index (κ2) is 7.70. The van der Waals surface area contributed by atoms with Crippen molar-refractivity contribution in [3.63, 3.8) is 0 Å². The van der Waals surface area contributed by atoms with Gasteiger partial charge in [0.1, 0.15) is 5.75 Å². The topological polar surface area (TPSA) is 55.6 Å². The maximum absolute atomic E-state index is 12.6. The number of nitrogens with two attached hydrogens (primary N) is 1. The molecule has 4 heteroatoms. The Hall–Kier alpha value is -2.33. The number of aryl methyl sites for hydroxylation is 2. The van der Waals surface area contributed by atoms with Crippen molar-refractivity contribution >= 4 is 5.91 Å². The molecule has 0 saturated carbocycles. The van der Waals surface area contributed by atoms with Crippen LogP contribution >= 0.6 is 0 Å². The Kier molecular flexibility index (Phi) is 5.39. The fourth-order valence-electron chi connectivity index (χ4n) is 3.64. The molecule has 1 fully saturated rings. The molecule has 1 aliphatic rings. The minimum Gasteiger partial charge on any atom is -0.483 e. The fraction of sp³-hybridized carbons (Fsp3) is 0.381. The van der Waals surface area contributed by atoms with Crippen LogP contribution in [0.25, 0.3) is 0 Å². The molecule has 1 aliphatic heterocycles. The number of carbonyl (C=O) groups excluding carboxylic acids is 1. The molecule has 0 spiro atoms. The highest BCUT2D eigenvalue weighted by Gasteiger charge is 2.35. The van der Waals surface area contributed by atoms with Crippen molar-refractivity contribution in [3.05, 3.63) is 65.2 Å². The lowest BCUT2D eigenvalue weighted by atomic mass is 9.89. The number of carbonyl (C=O) groups is 1. The summed E-state index contributed by atoms with van der Waals surface area (Å²) in [5.41, 5.74) is 9.32. The Balaban J connectivity index is 1.65. The van der Waals surface area contributed by atoms with E-state index in [-0.39, 0.29) is 12.5 Å². The van der Waals surface area contributed by atoms with Crippen molar-refractivity contribution in [2.45, 2.75) is 19.8 Å². The summed E-state index contributed by atoms with van der Waals surface area (Å²) in [6.45, 7) is 6.06. The standard InChI is InChI=1S/C21H26N2O2/c1-15-7-6-8-16(2)21(15)25-14-20(24)23-12-18(11-22)19(13-23)17-9-4-3-5-10-17/h3-10,18-19H,11-14,22H2,1-2H3/t18-,19+/m1/s1. The van der Waals surface area contributed by atoms with Gasteiger partial charge in [-0.1, -0.05) is 48.5 Å². The van der Waals surface area contributed by atoms with Gasteiger partial charge in [-0.2, -0.15) is 0 Å². The van der Waals surface area contributed by atoms with Crippen LogP contribution in [-0.4, -0.2) is 37.0 Å². The van der Waals surface area contributed by atoms with E-state index in [9.17, 15) is 4.79 Å². The van der Waals surface area contributed by atoms with Gasteiger partial charge in [0, 0.05) is 19.0 Å². The number of hydrogen-bond acceptors (Lipinski definition) is 3. The molecule has 1 saturated heterocycles. The van der Waals surface area contributed by atoms with E-state index in [0.29, 0.717) is 31.5 Å². The molecule has 0 aliphatic carbocycles. The summed E-state index contributed by atoms with van der Waals surface area (Å²) in [4.78, 5) is 14.5. The Morgan fingerprint density at radius 1 is 1.08 bits per heavy atom. The largest absolute Gasteiger partial charge is 0.483 e. The number of benzene rings is 2. The SMILES string of the molecule is Cc1cccc(C)c1OCC(=O)N1C[C@@H](CN)[C@H](c2ccccc2)C1. The second-order valence-electron chi connectivity index (χ2n) is 6.82. The third kappa shape index (κ3) is 3.85. The number of amides is 1. The molecule has 2 aromatic rings.